The van der Waals surface area contributed by atoms with E-state index in [2.05, 4.69) is 38.2 Å². The van der Waals surface area contributed by atoms with Gasteiger partial charge in [-0.15, -0.1) is 0 Å². The lowest BCUT2D eigenvalue weighted by Crippen LogP contribution is -2.21. The van der Waals surface area contributed by atoms with Gasteiger partial charge in [-0.05, 0) is 42.5 Å². The van der Waals surface area contributed by atoms with Crippen LogP contribution in [0.5, 0.6) is 0 Å². The molecule has 1 amide bonds. The summed E-state index contributed by atoms with van der Waals surface area (Å²) in [5.41, 5.74) is 7.79. The molecule has 0 saturated carbocycles. The zero-order valence-corrected chi connectivity index (χ0v) is 12.3. The smallest absolute Gasteiger partial charge is 0.224 e. The maximum absolute atomic E-state index is 11.8. The fourth-order valence-electron chi connectivity index (χ4n) is 2.00. The molecule has 0 aliphatic carbocycles. The lowest BCUT2D eigenvalue weighted by Gasteiger charge is -2.13. The van der Waals surface area contributed by atoms with E-state index in [1.807, 2.05) is 12.1 Å². The molecule has 0 bridgehead atoms. The minimum absolute atomic E-state index is 0.0496. The summed E-state index contributed by atoms with van der Waals surface area (Å²) in [7, 11) is 0. The van der Waals surface area contributed by atoms with E-state index in [0.717, 1.165) is 18.5 Å². The first-order valence-electron chi connectivity index (χ1n) is 7.20. The highest BCUT2D eigenvalue weighted by Gasteiger charge is 2.10. The first kappa shape index (κ1) is 15.7. The second-order valence-corrected chi connectivity index (χ2v) is 5.19. The average Bonchev–Trinajstić information content (AvgIpc) is 2.44. The normalized spacial score (nSPS) is 13.9. The van der Waals surface area contributed by atoms with Crippen molar-refractivity contribution in [1.82, 2.24) is 0 Å². The summed E-state index contributed by atoms with van der Waals surface area (Å²) in [4.78, 5) is 11.8. The number of hydrogen-bond acceptors (Lipinski definition) is 2. The highest BCUT2D eigenvalue weighted by atomic mass is 16.1. The molecule has 0 fully saturated rings. The minimum atomic E-state index is 0.0496. The van der Waals surface area contributed by atoms with Crippen LogP contribution in [0.25, 0.3) is 0 Å². The molecule has 3 heteroatoms. The number of hydrogen-bond donors (Lipinski definition) is 2. The van der Waals surface area contributed by atoms with Crippen LogP contribution >= 0.6 is 0 Å². The van der Waals surface area contributed by atoms with E-state index in [0.29, 0.717) is 18.9 Å². The van der Waals surface area contributed by atoms with Gasteiger partial charge in [-0.1, -0.05) is 39.3 Å². The van der Waals surface area contributed by atoms with Gasteiger partial charge in [0.25, 0.3) is 0 Å². The van der Waals surface area contributed by atoms with E-state index in [9.17, 15) is 4.79 Å². The lowest BCUT2D eigenvalue weighted by atomic mass is 9.98. The number of amides is 1. The Labute approximate surface area is 116 Å². The maximum Gasteiger partial charge on any atom is 0.224 e. The van der Waals surface area contributed by atoms with Crippen LogP contribution in [0.1, 0.15) is 51.5 Å². The fourth-order valence-corrected chi connectivity index (χ4v) is 2.00. The summed E-state index contributed by atoms with van der Waals surface area (Å²) in [5, 5.41) is 2.93. The highest BCUT2D eigenvalue weighted by Crippen LogP contribution is 2.20. The van der Waals surface area contributed by atoms with Crippen molar-refractivity contribution in [3.8, 4) is 0 Å². The van der Waals surface area contributed by atoms with Crippen molar-refractivity contribution in [2.75, 3.05) is 11.9 Å². The van der Waals surface area contributed by atoms with Crippen LogP contribution in [0.2, 0.25) is 0 Å². The van der Waals surface area contributed by atoms with Crippen molar-refractivity contribution >= 4 is 11.6 Å². The van der Waals surface area contributed by atoms with Gasteiger partial charge in [-0.3, -0.25) is 4.79 Å². The van der Waals surface area contributed by atoms with Gasteiger partial charge < -0.3 is 11.1 Å². The van der Waals surface area contributed by atoms with Crippen LogP contribution in [0.3, 0.4) is 0 Å². The Morgan fingerprint density at radius 3 is 2.32 bits per heavy atom. The maximum atomic E-state index is 11.8. The number of carbonyl (C=O) groups excluding carboxylic acids is 1. The summed E-state index contributed by atoms with van der Waals surface area (Å²) >= 11 is 0. The van der Waals surface area contributed by atoms with Crippen molar-refractivity contribution in [3.63, 3.8) is 0 Å². The highest BCUT2D eigenvalue weighted by molar-refractivity contribution is 5.90. The first-order chi connectivity index (χ1) is 9.10. The molecule has 0 heterocycles. The Bertz CT molecular complexity index is 382. The molecule has 3 nitrogen and oxygen atoms in total. The number of nitrogens with one attached hydrogen (secondary N) is 1. The quantitative estimate of drug-likeness (QED) is 0.790. The van der Waals surface area contributed by atoms with Crippen molar-refractivity contribution in [3.05, 3.63) is 29.8 Å². The molecule has 106 valence electrons. The van der Waals surface area contributed by atoms with E-state index < -0.39 is 0 Å². The second kappa shape index (κ2) is 7.95. The van der Waals surface area contributed by atoms with Gasteiger partial charge in [0.1, 0.15) is 0 Å². The largest absolute Gasteiger partial charge is 0.330 e. The van der Waals surface area contributed by atoms with E-state index in [1.54, 1.807) is 0 Å². The predicted molar refractivity (Wildman–Crippen MR) is 81.2 cm³/mol. The van der Waals surface area contributed by atoms with Gasteiger partial charge >= 0.3 is 0 Å². The van der Waals surface area contributed by atoms with Crippen molar-refractivity contribution < 1.29 is 4.79 Å². The molecule has 2 unspecified atom stereocenters. The van der Waals surface area contributed by atoms with Crippen LogP contribution < -0.4 is 11.1 Å². The summed E-state index contributed by atoms with van der Waals surface area (Å²) in [6.45, 7) is 7.02. The third kappa shape index (κ3) is 5.03. The van der Waals surface area contributed by atoms with Crippen molar-refractivity contribution in [2.45, 2.75) is 46.0 Å². The summed E-state index contributed by atoms with van der Waals surface area (Å²) in [6.07, 6.45) is 2.57. The van der Waals surface area contributed by atoms with Crippen molar-refractivity contribution in [1.29, 1.82) is 0 Å². The molecule has 2 atom stereocenters. The molecule has 0 aliphatic rings. The molecule has 0 radical (unpaired) electrons. The number of benzene rings is 1. The van der Waals surface area contributed by atoms with Crippen LogP contribution in [-0.4, -0.2) is 12.5 Å². The molecule has 1 aromatic rings. The SMILES string of the molecule is CCC(CN)CC(=O)Nc1ccc(C(C)CC)cc1. The molecule has 3 N–H and O–H groups in total. The van der Waals surface area contributed by atoms with E-state index >= 15 is 0 Å². The first-order valence-corrected chi connectivity index (χ1v) is 7.20. The minimum Gasteiger partial charge on any atom is -0.330 e. The molecule has 19 heavy (non-hydrogen) atoms. The topological polar surface area (TPSA) is 55.1 Å². The van der Waals surface area contributed by atoms with E-state index in [4.69, 9.17) is 5.73 Å². The van der Waals surface area contributed by atoms with Crippen LogP contribution in [-0.2, 0) is 4.79 Å². The Morgan fingerprint density at radius 1 is 1.21 bits per heavy atom. The number of anilines is 1. The van der Waals surface area contributed by atoms with Crippen molar-refractivity contribution in [2.24, 2.45) is 11.7 Å². The van der Waals surface area contributed by atoms with E-state index in [1.165, 1.54) is 5.56 Å². The molecule has 0 spiro atoms. The fraction of sp³-hybridized carbons (Fsp3) is 0.562. The van der Waals surface area contributed by atoms with Gasteiger partial charge in [-0.2, -0.15) is 0 Å². The summed E-state index contributed by atoms with van der Waals surface area (Å²) in [6, 6.07) is 8.12. The summed E-state index contributed by atoms with van der Waals surface area (Å²) < 4.78 is 0. The van der Waals surface area contributed by atoms with Crippen LogP contribution in [0.15, 0.2) is 24.3 Å². The number of nitrogens with two attached hydrogens (primary N) is 1. The Morgan fingerprint density at radius 2 is 1.84 bits per heavy atom. The lowest BCUT2D eigenvalue weighted by molar-refractivity contribution is -0.117. The van der Waals surface area contributed by atoms with Gasteiger partial charge in [0, 0.05) is 12.1 Å². The number of carbonyl (C=O) groups is 1. The van der Waals surface area contributed by atoms with Gasteiger partial charge in [-0.25, -0.2) is 0 Å². The zero-order valence-electron chi connectivity index (χ0n) is 12.3. The standard InChI is InChI=1S/C16H26N2O/c1-4-12(3)14-6-8-15(9-7-14)18-16(19)10-13(5-2)11-17/h6-9,12-13H,4-5,10-11,17H2,1-3H3,(H,18,19). The molecule has 1 rings (SSSR count). The third-order valence-corrected chi connectivity index (χ3v) is 3.76. The van der Waals surface area contributed by atoms with E-state index in [-0.39, 0.29) is 11.8 Å². The predicted octanol–water partition coefficient (Wildman–Crippen LogP) is 3.51. The average molecular weight is 262 g/mol. The molecule has 0 aliphatic heterocycles. The molecular weight excluding hydrogens is 236 g/mol. The molecular formula is C16H26N2O. The molecule has 1 aromatic carbocycles. The molecule has 0 aromatic heterocycles. The van der Waals surface area contributed by atoms with Crippen LogP contribution in [0.4, 0.5) is 5.69 Å². The van der Waals surface area contributed by atoms with Gasteiger partial charge in [0.05, 0.1) is 0 Å². The Hall–Kier alpha value is -1.35. The zero-order chi connectivity index (χ0) is 14.3. The Kier molecular flexibility index (Phi) is 6.57. The van der Waals surface area contributed by atoms with Crippen LogP contribution in [0, 0.1) is 5.92 Å². The third-order valence-electron chi connectivity index (χ3n) is 3.76. The van der Waals surface area contributed by atoms with Gasteiger partial charge in [0.15, 0.2) is 0 Å². The second-order valence-electron chi connectivity index (χ2n) is 5.19. The monoisotopic (exact) mass is 262 g/mol. The number of rotatable bonds is 7. The van der Waals surface area contributed by atoms with Gasteiger partial charge in [0.2, 0.25) is 5.91 Å². The summed E-state index contributed by atoms with van der Waals surface area (Å²) in [5.74, 6) is 0.888. The Balaban J connectivity index is 2.55. The molecule has 0 saturated heterocycles.